The van der Waals surface area contributed by atoms with Crippen molar-refractivity contribution in [2.24, 2.45) is 0 Å². The van der Waals surface area contributed by atoms with Gasteiger partial charge in [0.15, 0.2) is 0 Å². The Hall–Kier alpha value is -1.92. The number of carbonyl (C=O) groups is 2. The topological polar surface area (TPSA) is 115 Å². The van der Waals surface area contributed by atoms with E-state index in [2.05, 4.69) is 0 Å². The normalized spacial score (nSPS) is 11.1. The zero-order valence-corrected chi connectivity index (χ0v) is 9.91. The Morgan fingerprint density at radius 3 is 1.67 bits per heavy atom. The van der Waals surface area contributed by atoms with E-state index in [9.17, 15) is 9.59 Å². The maximum absolute atomic E-state index is 10.5. The molecule has 4 N–H and O–H groups in total. The summed E-state index contributed by atoms with van der Waals surface area (Å²) >= 11 is 0. The SMILES string of the molecule is CC(O)CCO.O=C(O)c1ccccc1C(=O)O. The number of carboxylic acid groups (broad SMARTS) is 2. The Morgan fingerprint density at radius 1 is 1.11 bits per heavy atom. The van der Waals surface area contributed by atoms with Gasteiger partial charge < -0.3 is 20.4 Å². The fourth-order valence-electron chi connectivity index (χ4n) is 1.04. The third-order valence-electron chi connectivity index (χ3n) is 1.93. The van der Waals surface area contributed by atoms with Crippen LogP contribution in [-0.2, 0) is 0 Å². The number of hydrogen-bond acceptors (Lipinski definition) is 4. The Bertz CT molecular complexity index is 366. The highest BCUT2D eigenvalue weighted by Gasteiger charge is 2.13. The molecule has 0 fully saturated rings. The van der Waals surface area contributed by atoms with Gasteiger partial charge in [-0.2, -0.15) is 0 Å². The summed E-state index contributed by atoms with van der Waals surface area (Å²) in [5, 5.41) is 33.6. The number of aliphatic hydroxyl groups is 2. The van der Waals surface area contributed by atoms with E-state index in [1.807, 2.05) is 0 Å². The minimum atomic E-state index is -1.23. The zero-order chi connectivity index (χ0) is 14.1. The second kappa shape index (κ2) is 8.21. The van der Waals surface area contributed by atoms with Crippen LogP contribution in [0.5, 0.6) is 0 Å². The van der Waals surface area contributed by atoms with Gasteiger partial charge in [0.05, 0.1) is 17.2 Å². The number of aromatic carboxylic acids is 2. The van der Waals surface area contributed by atoms with Crippen molar-refractivity contribution in [2.75, 3.05) is 6.61 Å². The van der Waals surface area contributed by atoms with Crippen LogP contribution in [0.1, 0.15) is 34.1 Å². The molecule has 0 aliphatic carbocycles. The maximum Gasteiger partial charge on any atom is 0.336 e. The third kappa shape index (κ3) is 5.97. The molecule has 1 aromatic rings. The van der Waals surface area contributed by atoms with Crippen LogP contribution in [0.25, 0.3) is 0 Å². The molecule has 0 bridgehead atoms. The third-order valence-corrected chi connectivity index (χ3v) is 1.93. The van der Waals surface area contributed by atoms with Crippen LogP contribution in [0.3, 0.4) is 0 Å². The maximum atomic E-state index is 10.5. The summed E-state index contributed by atoms with van der Waals surface area (Å²) in [5.74, 6) is -2.46. The van der Waals surface area contributed by atoms with Gasteiger partial charge in [0.2, 0.25) is 0 Å². The number of carboxylic acids is 2. The van der Waals surface area contributed by atoms with E-state index in [1.54, 1.807) is 6.92 Å². The molecule has 0 heterocycles. The fourth-order valence-corrected chi connectivity index (χ4v) is 1.04. The molecular formula is C12H16O6. The number of aliphatic hydroxyl groups excluding tert-OH is 2. The van der Waals surface area contributed by atoms with Crippen LogP contribution in [-0.4, -0.2) is 45.1 Å². The molecule has 6 nitrogen and oxygen atoms in total. The first-order valence-corrected chi connectivity index (χ1v) is 5.24. The van der Waals surface area contributed by atoms with Gasteiger partial charge in [-0.05, 0) is 25.5 Å². The predicted octanol–water partition coefficient (Wildman–Crippen LogP) is 0.833. The van der Waals surface area contributed by atoms with Crippen LogP contribution < -0.4 is 0 Å². The average molecular weight is 256 g/mol. The number of rotatable bonds is 4. The molecule has 0 aliphatic heterocycles. The van der Waals surface area contributed by atoms with Gasteiger partial charge in [0.25, 0.3) is 0 Å². The van der Waals surface area contributed by atoms with Gasteiger partial charge in [-0.3, -0.25) is 0 Å². The molecule has 1 unspecified atom stereocenters. The average Bonchev–Trinajstić information content (AvgIpc) is 2.29. The van der Waals surface area contributed by atoms with Crippen molar-refractivity contribution in [3.8, 4) is 0 Å². The fraction of sp³-hybridized carbons (Fsp3) is 0.333. The summed E-state index contributed by atoms with van der Waals surface area (Å²) < 4.78 is 0. The first-order chi connectivity index (χ1) is 8.40. The highest BCUT2D eigenvalue weighted by molar-refractivity contribution is 6.01. The first-order valence-electron chi connectivity index (χ1n) is 5.24. The van der Waals surface area contributed by atoms with Crippen LogP contribution >= 0.6 is 0 Å². The van der Waals surface area contributed by atoms with Gasteiger partial charge >= 0.3 is 11.9 Å². The van der Waals surface area contributed by atoms with E-state index in [1.165, 1.54) is 24.3 Å². The summed E-state index contributed by atoms with van der Waals surface area (Å²) in [5.41, 5.74) is -0.380. The van der Waals surface area contributed by atoms with Crippen molar-refractivity contribution in [3.63, 3.8) is 0 Å². The van der Waals surface area contributed by atoms with E-state index >= 15 is 0 Å². The van der Waals surface area contributed by atoms with E-state index < -0.39 is 11.9 Å². The van der Waals surface area contributed by atoms with Gasteiger partial charge in [-0.1, -0.05) is 12.1 Å². The highest BCUT2D eigenvalue weighted by Crippen LogP contribution is 2.07. The summed E-state index contributed by atoms with van der Waals surface area (Å²) in [7, 11) is 0. The monoisotopic (exact) mass is 256 g/mol. The Labute approximate surface area is 104 Å². The molecule has 1 rings (SSSR count). The smallest absolute Gasteiger partial charge is 0.336 e. The molecule has 1 aromatic carbocycles. The van der Waals surface area contributed by atoms with Gasteiger partial charge in [0.1, 0.15) is 0 Å². The second-order valence-electron chi connectivity index (χ2n) is 3.52. The molecule has 0 saturated carbocycles. The number of hydrogen-bond donors (Lipinski definition) is 4. The Kier molecular flexibility index (Phi) is 7.34. The predicted molar refractivity (Wildman–Crippen MR) is 63.7 cm³/mol. The minimum absolute atomic E-state index is 0.0810. The van der Waals surface area contributed by atoms with Crippen molar-refractivity contribution in [2.45, 2.75) is 19.4 Å². The molecule has 100 valence electrons. The van der Waals surface area contributed by atoms with Gasteiger partial charge in [-0.25, -0.2) is 9.59 Å². The molecule has 18 heavy (non-hydrogen) atoms. The van der Waals surface area contributed by atoms with Crippen LogP contribution in [0.2, 0.25) is 0 Å². The van der Waals surface area contributed by atoms with E-state index in [0.717, 1.165) is 0 Å². The standard InChI is InChI=1S/C8H6O4.C4H10O2/c9-7(10)5-3-1-2-4-6(5)8(11)12;1-4(6)2-3-5/h1-4H,(H,9,10)(H,11,12);4-6H,2-3H2,1H3. The molecule has 0 saturated heterocycles. The quantitative estimate of drug-likeness (QED) is 0.634. The van der Waals surface area contributed by atoms with Crippen molar-refractivity contribution in [3.05, 3.63) is 35.4 Å². The molecule has 1 atom stereocenters. The van der Waals surface area contributed by atoms with Gasteiger partial charge in [-0.15, -0.1) is 0 Å². The molecule has 6 heteroatoms. The highest BCUT2D eigenvalue weighted by atomic mass is 16.4. The molecule has 0 aromatic heterocycles. The van der Waals surface area contributed by atoms with Crippen LogP contribution in [0.15, 0.2) is 24.3 Å². The summed E-state index contributed by atoms with van der Waals surface area (Å²) in [6.45, 7) is 1.73. The van der Waals surface area contributed by atoms with Crippen molar-refractivity contribution in [1.29, 1.82) is 0 Å². The first kappa shape index (κ1) is 16.1. The van der Waals surface area contributed by atoms with Crippen LogP contribution in [0, 0.1) is 0 Å². The lowest BCUT2D eigenvalue weighted by molar-refractivity contribution is 0.0651. The molecular weight excluding hydrogens is 240 g/mol. The molecule has 0 aliphatic rings. The summed E-state index contributed by atoms with van der Waals surface area (Å²) in [4.78, 5) is 20.9. The minimum Gasteiger partial charge on any atom is -0.478 e. The summed E-state index contributed by atoms with van der Waals surface area (Å²) in [6.07, 6.45) is 0.134. The van der Waals surface area contributed by atoms with Crippen molar-refractivity contribution in [1.82, 2.24) is 0 Å². The number of benzene rings is 1. The van der Waals surface area contributed by atoms with E-state index in [0.29, 0.717) is 6.42 Å². The lowest BCUT2D eigenvalue weighted by atomic mass is 10.1. The zero-order valence-electron chi connectivity index (χ0n) is 9.91. The lowest BCUT2D eigenvalue weighted by Crippen LogP contribution is -2.06. The second-order valence-corrected chi connectivity index (χ2v) is 3.52. The molecule has 0 radical (unpaired) electrons. The van der Waals surface area contributed by atoms with Crippen molar-refractivity contribution < 1.29 is 30.0 Å². The lowest BCUT2D eigenvalue weighted by Gasteiger charge is -1.98. The van der Waals surface area contributed by atoms with Crippen molar-refractivity contribution >= 4 is 11.9 Å². The summed E-state index contributed by atoms with van der Waals surface area (Å²) in [6, 6.07) is 5.48. The molecule has 0 amide bonds. The van der Waals surface area contributed by atoms with Crippen LogP contribution in [0.4, 0.5) is 0 Å². The van der Waals surface area contributed by atoms with Gasteiger partial charge in [0, 0.05) is 6.61 Å². The van der Waals surface area contributed by atoms with E-state index in [-0.39, 0.29) is 23.8 Å². The van der Waals surface area contributed by atoms with E-state index in [4.69, 9.17) is 20.4 Å². The Morgan fingerprint density at radius 2 is 1.50 bits per heavy atom. The largest absolute Gasteiger partial charge is 0.478 e. The Balaban J connectivity index is 0.000000411. The molecule has 0 spiro atoms.